The van der Waals surface area contributed by atoms with E-state index in [1.165, 1.54) is 31.1 Å². The zero-order valence-electron chi connectivity index (χ0n) is 17.8. The maximum Gasteiger partial charge on any atom is 0.114 e. The van der Waals surface area contributed by atoms with Crippen LogP contribution in [0.4, 0.5) is 0 Å². The molecule has 6 heteroatoms. The SMILES string of the molecule is C=C/C=C\C=C.C=C/C=C\N=C.C=CC=NC=C.C=CN=CN=C.C=N/C=C\N=C. The molecule has 0 aromatic rings. The number of hydrogen-bond donors (Lipinski definition) is 0. The normalized spacial score (nSPS) is 8.67. The van der Waals surface area contributed by atoms with Crippen molar-refractivity contribution >= 4 is 39.4 Å². The van der Waals surface area contributed by atoms with Crippen LogP contribution in [0.2, 0.25) is 0 Å². The summed E-state index contributed by atoms with van der Waals surface area (Å²) in [5, 5.41) is 0. The molecule has 0 aromatic carbocycles. The number of allylic oxidation sites excluding steroid dienone is 7. The highest BCUT2D eigenvalue weighted by atomic mass is 14.8. The summed E-state index contributed by atoms with van der Waals surface area (Å²) >= 11 is 0. The maximum atomic E-state index is 3.61. The van der Waals surface area contributed by atoms with E-state index in [9.17, 15) is 0 Å². The highest BCUT2D eigenvalue weighted by Gasteiger charge is 1.49. The van der Waals surface area contributed by atoms with Crippen LogP contribution >= 0.6 is 0 Å². The largest absolute Gasteiger partial charge is 0.273 e. The highest BCUT2D eigenvalue weighted by Crippen LogP contribution is 1.70. The van der Waals surface area contributed by atoms with Gasteiger partial charge in [-0.05, 0) is 32.9 Å². The second-order valence-corrected chi connectivity index (χ2v) is 3.63. The van der Waals surface area contributed by atoms with Gasteiger partial charge in [-0.25, -0.2) is 4.99 Å². The summed E-state index contributed by atoms with van der Waals surface area (Å²) < 4.78 is 0. The molecule has 0 aliphatic rings. The topological polar surface area (TPSA) is 74.2 Å². The average Bonchev–Trinajstić information content (AvgIpc) is 2.78. The van der Waals surface area contributed by atoms with Crippen LogP contribution in [0, 0.1) is 0 Å². The van der Waals surface area contributed by atoms with Gasteiger partial charge in [-0.2, -0.15) is 0 Å². The van der Waals surface area contributed by atoms with Gasteiger partial charge in [0.05, 0.1) is 0 Å². The van der Waals surface area contributed by atoms with E-state index < -0.39 is 0 Å². The molecule has 0 fully saturated rings. The number of aliphatic imine (C=N–C) groups is 6. The van der Waals surface area contributed by atoms with Crippen LogP contribution < -0.4 is 0 Å². The lowest BCUT2D eigenvalue weighted by Gasteiger charge is -1.63. The first-order chi connectivity index (χ1) is 14.6. The monoisotopic (exact) mass is 406 g/mol. The molecule has 0 N–H and O–H groups in total. The van der Waals surface area contributed by atoms with Crippen LogP contribution in [-0.4, -0.2) is 39.4 Å². The smallest absolute Gasteiger partial charge is 0.114 e. The Balaban J connectivity index is -0.0000000868. The molecule has 0 saturated carbocycles. The zero-order chi connectivity index (χ0) is 24.1. The Kier molecular flexibility index (Phi) is 68.6. The van der Waals surface area contributed by atoms with Gasteiger partial charge < -0.3 is 0 Å². The first-order valence-corrected chi connectivity index (χ1v) is 8.11. The molecular formula is C24H34N6. The van der Waals surface area contributed by atoms with Crippen LogP contribution in [0.3, 0.4) is 0 Å². The van der Waals surface area contributed by atoms with Crippen LogP contribution in [0.15, 0.2) is 143 Å². The Hall–Kier alpha value is -4.32. The second-order valence-electron chi connectivity index (χ2n) is 3.63. The minimum Gasteiger partial charge on any atom is -0.273 e. The molecule has 0 aliphatic heterocycles. The fraction of sp³-hybridized carbons (Fsp3) is 0. The van der Waals surface area contributed by atoms with Gasteiger partial charge in [0, 0.05) is 37.2 Å². The van der Waals surface area contributed by atoms with Gasteiger partial charge >= 0.3 is 0 Å². The van der Waals surface area contributed by atoms with Crippen molar-refractivity contribution in [3.05, 3.63) is 113 Å². The molecule has 0 saturated heterocycles. The second kappa shape index (κ2) is 56.3. The molecule has 0 atom stereocenters. The standard InChI is InChI=1S/C6H8.2C5H7N.2C4H6N2/c1-3-5-6-4-2;1-3-4-5-6-2;1-3-5-6-4-2;1-5-3-4-6-2;1-3-6-4-5-2/h3-6H,1-2H2;2*3-5H,1-2H2;2*3-4H,1-2H2/b6-5-;5-4-;;4-3-;. The van der Waals surface area contributed by atoms with Crippen molar-refractivity contribution in [2.75, 3.05) is 0 Å². The summed E-state index contributed by atoms with van der Waals surface area (Å²) in [5.41, 5.74) is 0. The van der Waals surface area contributed by atoms with Gasteiger partial charge in [-0.15, -0.1) is 0 Å². The maximum absolute atomic E-state index is 3.61. The van der Waals surface area contributed by atoms with Crippen molar-refractivity contribution in [3.63, 3.8) is 0 Å². The van der Waals surface area contributed by atoms with Crippen molar-refractivity contribution in [3.8, 4) is 0 Å². The molecular weight excluding hydrogens is 372 g/mol. The van der Waals surface area contributed by atoms with E-state index in [-0.39, 0.29) is 0 Å². The summed E-state index contributed by atoms with van der Waals surface area (Å²) in [6.45, 7) is 33.1. The third kappa shape index (κ3) is 107. The molecule has 0 aliphatic carbocycles. The Labute approximate surface area is 182 Å². The molecule has 6 nitrogen and oxygen atoms in total. The minimum atomic E-state index is 1.33. The van der Waals surface area contributed by atoms with Crippen molar-refractivity contribution < 1.29 is 0 Å². The van der Waals surface area contributed by atoms with Crippen molar-refractivity contribution in [1.82, 2.24) is 0 Å². The minimum absolute atomic E-state index is 1.33. The third-order valence-corrected chi connectivity index (χ3v) is 1.54. The van der Waals surface area contributed by atoms with E-state index in [2.05, 4.69) is 96.3 Å². The van der Waals surface area contributed by atoms with Gasteiger partial charge in [-0.1, -0.05) is 75.9 Å². The summed E-state index contributed by atoms with van der Waals surface area (Å²) in [6.07, 6.45) is 22.3. The molecule has 0 unspecified atom stereocenters. The van der Waals surface area contributed by atoms with Crippen LogP contribution in [0.5, 0.6) is 0 Å². The molecule has 0 spiro atoms. The van der Waals surface area contributed by atoms with Crippen molar-refractivity contribution in [2.45, 2.75) is 0 Å². The fourth-order valence-electron chi connectivity index (χ4n) is 0.589. The summed E-state index contributed by atoms with van der Waals surface area (Å²) in [5.74, 6) is 0. The Bertz CT molecular complexity index is 440. The molecule has 0 radical (unpaired) electrons. The first-order valence-electron chi connectivity index (χ1n) is 8.11. The van der Waals surface area contributed by atoms with Crippen LogP contribution in [0.25, 0.3) is 0 Å². The van der Waals surface area contributed by atoms with Gasteiger partial charge in [0.15, 0.2) is 0 Å². The molecule has 0 bridgehead atoms. The molecule has 0 amide bonds. The fourth-order valence-corrected chi connectivity index (χ4v) is 0.589. The number of rotatable bonds is 10. The van der Waals surface area contributed by atoms with Gasteiger partial charge in [0.2, 0.25) is 0 Å². The molecule has 160 valence electrons. The number of hydrogen-bond acceptors (Lipinski definition) is 5. The average molecular weight is 407 g/mol. The van der Waals surface area contributed by atoms with Gasteiger partial charge in [0.25, 0.3) is 0 Å². The highest BCUT2D eigenvalue weighted by molar-refractivity contribution is 5.70. The molecule has 0 rings (SSSR count). The van der Waals surface area contributed by atoms with E-state index in [4.69, 9.17) is 0 Å². The first kappa shape index (κ1) is 36.6. The van der Waals surface area contributed by atoms with Gasteiger partial charge in [-0.3, -0.25) is 25.0 Å². The predicted molar refractivity (Wildman–Crippen MR) is 144 cm³/mol. The molecule has 0 heterocycles. The van der Waals surface area contributed by atoms with Crippen LogP contribution in [-0.2, 0) is 0 Å². The molecule has 30 heavy (non-hydrogen) atoms. The molecule has 0 aromatic heterocycles. The lowest BCUT2D eigenvalue weighted by molar-refractivity contribution is 1.51. The summed E-state index contributed by atoms with van der Waals surface area (Å²) in [7, 11) is 0. The Morgan fingerprint density at radius 3 is 1.03 bits per heavy atom. The Morgan fingerprint density at radius 2 is 0.867 bits per heavy atom. The zero-order valence-corrected chi connectivity index (χ0v) is 17.8. The van der Waals surface area contributed by atoms with E-state index in [0.29, 0.717) is 0 Å². The summed E-state index contributed by atoms with van der Waals surface area (Å²) in [4.78, 5) is 20.6. The van der Waals surface area contributed by atoms with Gasteiger partial charge in [0.1, 0.15) is 6.34 Å². The third-order valence-electron chi connectivity index (χ3n) is 1.54. The lowest BCUT2D eigenvalue weighted by atomic mass is 10.5. The van der Waals surface area contributed by atoms with E-state index >= 15 is 0 Å². The summed E-state index contributed by atoms with van der Waals surface area (Å²) in [6, 6.07) is 0. The number of nitrogens with zero attached hydrogens (tertiary/aromatic N) is 6. The van der Waals surface area contributed by atoms with E-state index in [1.54, 1.807) is 42.8 Å². The van der Waals surface area contributed by atoms with E-state index in [1.807, 2.05) is 12.2 Å². The van der Waals surface area contributed by atoms with Crippen molar-refractivity contribution in [1.29, 1.82) is 0 Å². The predicted octanol–water partition coefficient (Wildman–Crippen LogP) is 6.41. The Morgan fingerprint density at radius 1 is 0.433 bits per heavy atom. The van der Waals surface area contributed by atoms with Crippen molar-refractivity contribution in [2.24, 2.45) is 30.0 Å². The van der Waals surface area contributed by atoms with Crippen LogP contribution in [0.1, 0.15) is 0 Å². The van der Waals surface area contributed by atoms with E-state index in [0.717, 1.165) is 0 Å². The quantitative estimate of drug-likeness (QED) is 0.228. The lowest BCUT2D eigenvalue weighted by Crippen LogP contribution is -1.53.